The molecule has 4 amide bonds. The lowest BCUT2D eigenvalue weighted by molar-refractivity contribution is -0.158. The number of aryl methyl sites for hydroxylation is 1. The average Bonchev–Trinajstić information content (AvgIpc) is 2.61. The topological polar surface area (TPSA) is 174 Å². The van der Waals surface area contributed by atoms with Gasteiger partial charge in [-0.25, -0.2) is 4.79 Å². The molecule has 5 atom stereocenters. The van der Waals surface area contributed by atoms with Gasteiger partial charge in [-0.1, -0.05) is 17.7 Å². The Morgan fingerprint density at radius 1 is 1.18 bits per heavy atom. The number of hydrogen-bond acceptors (Lipinski definition) is 6. The summed E-state index contributed by atoms with van der Waals surface area (Å²) in [6, 6.07) is 4.18. The van der Waals surface area contributed by atoms with E-state index in [0.29, 0.717) is 5.69 Å². The summed E-state index contributed by atoms with van der Waals surface area (Å²) in [7, 11) is 0. The number of anilines is 1. The van der Waals surface area contributed by atoms with E-state index in [0.717, 1.165) is 5.56 Å². The number of aliphatic hydroxyl groups excluding tert-OH is 2. The van der Waals surface area contributed by atoms with Crippen LogP contribution in [0.25, 0.3) is 0 Å². The summed E-state index contributed by atoms with van der Waals surface area (Å²) in [5, 5.41) is 38.2. The van der Waals surface area contributed by atoms with Crippen LogP contribution in [0.5, 0.6) is 0 Å². The highest BCUT2D eigenvalue weighted by molar-refractivity contribution is 5.91. The maximum atomic E-state index is 12.4. The number of carbonyl (C=O) groups is 3. The first-order valence-electron chi connectivity index (χ1n) is 8.85. The van der Waals surface area contributed by atoms with Crippen molar-refractivity contribution >= 4 is 23.5 Å². The molecule has 154 valence electrons. The molecule has 0 radical (unpaired) electrons. The van der Waals surface area contributed by atoms with Gasteiger partial charge in [-0.15, -0.1) is 0 Å². The number of primary amides is 1. The predicted molar refractivity (Wildman–Crippen MR) is 100 cm³/mol. The van der Waals surface area contributed by atoms with Gasteiger partial charge in [0.25, 0.3) is 5.91 Å². The van der Waals surface area contributed by atoms with Crippen molar-refractivity contribution in [1.29, 1.82) is 0 Å². The van der Waals surface area contributed by atoms with E-state index in [1.54, 1.807) is 24.3 Å². The number of urea groups is 1. The first kappa shape index (κ1) is 21.6. The molecule has 1 aromatic carbocycles. The lowest BCUT2D eigenvalue weighted by Gasteiger charge is -2.41. The van der Waals surface area contributed by atoms with Crippen LogP contribution in [0.4, 0.5) is 10.5 Å². The van der Waals surface area contributed by atoms with E-state index >= 15 is 0 Å². The van der Waals surface area contributed by atoms with Gasteiger partial charge in [0.05, 0.1) is 12.1 Å². The second kappa shape index (κ2) is 8.55. The fraction of sp³-hybridized carbons (Fsp3) is 0.500. The number of carbonyl (C=O) groups excluding carboxylic acids is 3. The molecule has 0 bridgehead atoms. The number of rotatable bonds is 5. The van der Waals surface area contributed by atoms with Gasteiger partial charge in [0.2, 0.25) is 5.91 Å². The number of aliphatic hydroxyl groups is 3. The first-order valence-corrected chi connectivity index (χ1v) is 8.85. The molecule has 28 heavy (non-hydrogen) atoms. The number of benzene rings is 1. The van der Waals surface area contributed by atoms with Crippen LogP contribution in [0, 0.1) is 6.92 Å². The maximum absolute atomic E-state index is 12.4. The Morgan fingerprint density at radius 2 is 1.79 bits per heavy atom. The Balaban J connectivity index is 2.06. The summed E-state index contributed by atoms with van der Waals surface area (Å²) < 4.78 is 0. The largest absolute Gasteiger partial charge is 0.390 e. The van der Waals surface area contributed by atoms with Crippen LogP contribution in [-0.4, -0.2) is 63.1 Å². The van der Waals surface area contributed by atoms with Crippen LogP contribution in [-0.2, 0) is 9.59 Å². The van der Waals surface area contributed by atoms with Crippen molar-refractivity contribution in [2.24, 2.45) is 5.73 Å². The molecule has 0 saturated heterocycles. The number of nitrogens with one attached hydrogen (secondary N) is 3. The lowest BCUT2D eigenvalue weighted by Crippen LogP contribution is -2.64. The third-order valence-electron chi connectivity index (χ3n) is 4.73. The molecule has 0 aliphatic heterocycles. The molecule has 1 aliphatic rings. The molecule has 0 heterocycles. The van der Waals surface area contributed by atoms with Gasteiger partial charge in [-0.2, -0.15) is 0 Å². The highest BCUT2D eigenvalue weighted by atomic mass is 16.3. The normalized spacial score (nSPS) is 28.1. The van der Waals surface area contributed by atoms with Crippen LogP contribution >= 0.6 is 0 Å². The molecule has 5 unspecified atom stereocenters. The number of hydrogen-bond donors (Lipinski definition) is 7. The third-order valence-corrected chi connectivity index (χ3v) is 4.73. The molecule has 10 heteroatoms. The van der Waals surface area contributed by atoms with Gasteiger partial charge < -0.3 is 37.0 Å². The summed E-state index contributed by atoms with van der Waals surface area (Å²) >= 11 is 0. The Labute approximate surface area is 162 Å². The van der Waals surface area contributed by atoms with Crippen molar-refractivity contribution in [3.63, 3.8) is 0 Å². The van der Waals surface area contributed by atoms with E-state index < -0.39 is 54.2 Å². The molecule has 8 N–H and O–H groups in total. The molecular weight excluding hydrogens is 368 g/mol. The Hall–Kier alpha value is -2.69. The first-order chi connectivity index (χ1) is 13.0. The van der Waals surface area contributed by atoms with Gasteiger partial charge in [0.15, 0.2) is 0 Å². The van der Waals surface area contributed by atoms with Crippen LogP contribution in [0.3, 0.4) is 0 Å². The number of amides is 4. The standard InChI is InChI=1S/C18H26N4O6/c1-9-3-5-11(6-4-9)21-17(27)22-12-7-18(28,8-13(23)14(12)24)16(26)20-10(2)15(19)25/h3-6,10,12-14,23-24,28H,7-8H2,1-2H3,(H2,19,25)(H,20,26)(H2,21,22,27). The second-order valence-corrected chi connectivity index (χ2v) is 7.17. The summed E-state index contributed by atoms with van der Waals surface area (Å²) in [5.74, 6) is -1.71. The smallest absolute Gasteiger partial charge is 0.319 e. The van der Waals surface area contributed by atoms with Crippen molar-refractivity contribution < 1.29 is 29.7 Å². The van der Waals surface area contributed by atoms with Crippen molar-refractivity contribution in [3.8, 4) is 0 Å². The van der Waals surface area contributed by atoms with Gasteiger partial charge in [0.1, 0.15) is 17.7 Å². The molecule has 1 aromatic rings. The molecule has 1 saturated carbocycles. The summed E-state index contributed by atoms with van der Waals surface area (Å²) in [6.45, 7) is 3.25. The number of nitrogens with two attached hydrogens (primary N) is 1. The summed E-state index contributed by atoms with van der Waals surface area (Å²) in [6.07, 6.45) is -3.66. The van der Waals surface area contributed by atoms with Crippen LogP contribution in [0.15, 0.2) is 24.3 Å². The van der Waals surface area contributed by atoms with Crippen LogP contribution in [0.1, 0.15) is 25.3 Å². The van der Waals surface area contributed by atoms with Gasteiger partial charge in [0, 0.05) is 18.5 Å². The molecule has 1 aliphatic carbocycles. The van der Waals surface area contributed by atoms with E-state index in [4.69, 9.17) is 5.73 Å². The van der Waals surface area contributed by atoms with Crippen molar-refractivity contribution in [2.75, 3.05) is 5.32 Å². The highest BCUT2D eigenvalue weighted by Gasteiger charge is 2.49. The van der Waals surface area contributed by atoms with E-state index in [1.807, 2.05) is 6.92 Å². The van der Waals surface area contributed by atoms with E-state index in [2.05, 4.69) is 16.0 Å². The fourth-order valence-corrected chi connectivity index (χ4v) is 3.00. The zero-order valence-corrected chi connectivity index (χ0v) is 15.7. The average molecular weight is 394 g/mol. The van der Waals surface area contributed by atoms with Crippen LogP contribution < -0.4 is 21.7 Å². The van der Waals surface area contributed by atoms with Gasteiger partial charge >= 0.3 is 6.03 Å². The van der Waals surface area contributed by atoms with E-state index in [9.17, 15) is 29.7 Å². The summed E-state index contributed by atoms with van der Waals surface area (Å²) in [4.78, 5) is 35.7. The quantitative estimate of drug-likeness (QED) is 0.327. The molecule has 0 spiro atoms. The molecule has 0 aromatic heterocycles. The minimum atomic E-state index is -2.09. The predicted octanol–water partition coefficient (Wildman–Crippen LogP) is -1.28. The Kier molecular flexibility index (Phi) is 6.60. The van der Waals surface area contributed by atoms with E-state index in [-0.39, 0.29) is 6.42 Å². The van der Waals surface area contributed by atoms with E-state index in [1.165, 1.54) is 6.92 Å². The lowest BCUT2D eigenvalue weighted by atomic mass is 9.77. The fourth-order valence-electron chi connectivity index (χ4n) is 3.00. The van der Waals surface area contributed by atoms with Crippen molar-refractivity contribution in [2.45, 2.75) is 56.6 Å². The second-order valence-electron chi connectivity index (χ2n) is 7.17. The molecule has 2 rings (SSSR count). The SMILES string of the molecule is Cc1ccc(NC(=O)NC2CC(O)(C(=O)NC(C)C(N)=O)CC(O)C2O)cc1. The maximum Gasteiger partial charge on any atom is 0.319 e. The zero-order valence-electron chi connectivity index (χ0n) is 15.7. The molecule has 10 nitrogen and oxygen atoms in total. The van der Waals surface area contributed by atoms with Crippen molar-refractivity contribution in [3.05, 3.63) is 29.8 Å². The Bertz CT molecular complexity index is 740. The minimum absolute atomic E-state index is 0.357. The van der Waals surface area contributed by atoms with Gasteiger partial charge in [-0.05, 0) is 26.0 Å². The Morgan fingerprint density at radius 3 is 2.36 bits per heavy atom. The minimum Gasteiger partial charge on any atom is -0.390 e. The van der Waals surface area contributed by atoms with Crippen LogP contribution in [0.2, 0.25) is 0 Å². The van der Waals surface area contributed by atoms with Crippen molar-refractivity contribution in [1.82, 2.24) is 10.6 Å². The highest BCUT2D eigenvalue weighted by Crippen LogP contribution is 2.30. The molecular formula is C18H26N4O6. The molecule has 1 fully saturated rings. The summed E-state index contributed by atoms with van der Waals surface area (Å²) in [5.41, 5.74) is 4.52. The zero-order chi connectivity index (χ0) is 21.1. The third kappa shape index (κ3) is 5.18. The monoisotopic (exact) mass is 394 g/mol. The van der Waals surface area contributed by atoms with Gasteiger partial charge in [-0.3, -0.25) is 9.59 Å².